The van der Waals surface area contributed by atoms with Crippen LogP contribution in [0.15, 0.2) is 97.1 Å². The number of amidine groups is 2. The summed E-state index contributed by atoms with van der Waals surface area (Å²) in [6.07, 6.45) is 5.44. The number of nitrogens with one attached hydrogen (secondary N) is 3. The molecule has 4 aromatic rings. The Bertz CT molecular complexity index is 2180. The average Bonchev–Trinajstić information content (AvgIpc) is 3.30. The second kappa shape index (κ2) is 25.1. The lowest BCUT2D eigenvalue weighted by Crippen LogP contribution is -2.49. The van der Waals surface area contributed by atoms with Crippen molar-refractivity contribution in [3.05, 3.63) is 136 Å². The molecule has 65 heavy (non-hydrogen) atoms. The number of likely N-dealkylation sites (tertiary alicyclic amines) is 2. The molecule has 0 unspecified atom stereocenters. The molecule has 2 aliphatic heterocycles. The number of amides is 1. The Morgan fingerprint density at radius 2 is 1.25 bits per heavy atom. The summed E-state index contributed by atoms with van der Waals surface area (Å²) in [4.78, 5) is 23.2. The van der Waals surface area contributed by atoms with Crippen molar-refractivity contribution in [2.45, 2.75) is 90.1 Å². The quantitative estimate of drug-likeness (QED) is 0.0282. The van der Waals surface area contributed by atoms with Crippen molar-refractivity contribution in [2.75, 3.05) is 52.5 Å². The normalized spacial score (nSPS) is 14.8. The highest BCUT2D eigenvalue weighted by Crippen LogP contribution is 2.23. The van der Waals surface area contributed by atoms with Gasteiger partial charge in [0.25, 0.3) is 0 Å². The highest BCUT2D eigenvalue weighted by molar-refractivity contribution is 5.95. The van der Waals surface area contributed by atoms with Crippen LogP contribution in [0.2, 0.25) is 0 Å². The fourth-order valence-electron chi connectivity index (χ4n) is 7.76. The van der Waals surface area contributed by atoms with E-state index in [0.717, 1.165) is 95.0 Å². The van der Waals surface area contributed by atoms with Crippen molar-refractivity contribution >= 4 is 23.5 Å². The topological polar surface area (TPSA) is 194 Å². The first-order valence-corrected chi connectivity index (χ1v) is 22.6. The summed E-state index contributed by atoms with van der Waals surface area (Å²) in [5.41, 5.74) is 15.6. The summed E-state index contributed by atoms with van der Waals surface area (Å²) in [6, 6.07) is 32.9. The Balaban J connectivity index is 0.000000247. The number of nitriles is 1. The summed E-state index contributed by atoms with van der Waals surface area (Å²) in [5, 5.41) is 27.5. The molecule has 2 aliphatic rings. The molecule has 2 fully saturated rings. The van der Waals surface area contributed by atoms with Crippen molar-refractivity contribution in [1.29, 1.82) is 16.1 Å². The molecule has 1 amide bonds. The van der Waals surface area contributed by atoms with Crippen LogP contribution in [0.4, 0.5) is 10.5 Å². The van der Waals surface area contributed by atoms with E-state index in [9.17, 15) is 4.79 Å². The molecule has 4 aromatic carbocycles. The van der Waals surface area contributed by atoms with E-state index in [-0.39, 0.29) is 23.8 Å². The SMILES string of the molecule is N=C(N)c1ccc(CN2CCC(NCCCOc3ccc(C(=N)N)cc3)CC2)cc1.[C-]#[N+]c1ccc(OCCCN(C(=O)OC(C)(C)C)C2CCN(Cc3ccc(C#N)cc3)CC2)cc1. The van der Waals surface area contributed by atoms with Gasteiger partial charge in [0.05, 0.1) is 31.4 Å². The number of rotatable bonds is 18. The molecule has 2 saturated heterocycles. The highest BCUT2D eigenvalue weighted by Gasteiger charge is 2.31. The lowest BCUT2D eigenvalue weighted by atomic mass is 10.0. The van der Waals surface area contributed by atoms with E-state index >= 15 is 0 Å². The first-order chi connectivity index (χ1) is 31.3. The summed E-state index contributed by atoms with van der Waals surface area (Å²) < 4.78 is 17.3. The van der Waals surface area contributed by atoms with Gasteiger partial charge in [0.15, 0.2) is 5.69 Å². The fraction of sp³-hybridized carbons (Fsp3) is 0.431. The number of nitrogens with zero attached hydrogens (tertiary/aromatic N) is 5. The second-order valence-electron chi connectivity index (χ2n) is 17.6. The first-order valence-electron chi connectivity index (χ1n) is 22.6. The minimum Gasteiger partial charge on any atom is -0.494 e. The van der Waals surface area contributed by atoms with E-state index in [1.165, 1.54) is 11.1 Å². The molecule has 0 aromatic heterocycles. The highest BCUT2D eigenvalue weighted by atomic mass is 16.6. The third-order valence-electron chi connectivity index (χ3n) is 11.3. The zero-order valence-corrected chi connectivity index (χ0v) is 38.2. The first kappa shape index (κ1) is 49.6. The van der Waals surface area contributed by atoms with Gasteiger partial charge in [-0.2, -0.15) is 5.26 Å². The molecule has 14 nitrogen and oxygen atoms in total. The van der Waals surface area contributed by atoms with Gasteiger partial charge in [-0.1, -0.05) is 48.5 Å². The van der Waals surface area contributed by atoms with Crippen LogP contribution in [-0.4, -0.2) is 103 Å². The molecule has 0 saturated carbocycles. The zero-order chi connectivity index (χ0) is 46.6. The Hall–Kier alpha value is -6.45. The number of ether oxygens (including phenoxy) is 3. The lowest BCUT2D eigenvalue weighted by molar-refractivity contribution is 0.00673. The van der Waals surface area contributed by atoms with Gasteiger partial charge in [-0.3, -0.25) is 20.6 Å². The molecule has 0 radical (unpaired) electrons. The van der Waals surface area contributed by atoms with Crippen LogP contribution in [0.1, 0.15) is 87.1 Å². The molecular formula is C51H66N10O4. The van der Waals surface area contributed by atoms with Gasteiger partial charge in [0.2, 0.25) is 0 Å². The van der Waals surface area contributed by atoms with Gasteiger partial charge < -0.3 is 35.9 Å². The summed E-state index contributed by atoms with van der Waals surface area (Å²) in [7, 11) is 0. The van der Waals surface area contributed by atoms with Gasteiger partial charge in [0, 0.05) is 55.9 Å². The maximum atomic E-state index is 13.0. The number of hydrogen-bond donors (Lipinski definition) is 5. The maximum absolute atomic E-state index is 13.0. The molecule has 7 N–H and O–H groups in total. The molecule has 14 heteroatoms. The van der Waals surface area contributed by atoms with Gasteiger partial charge in [-0.05, 0) is 139 Å². The summed E-state index contributed by atoms with van der Waals surface area (Å²) in [5.74, 6) is 1.72. The van der Waals surface area contributed by atoms with Crippen molar-refractivity contribution in [1.82, 2.24) is 20.0 Å². The van der Waals surface area contributed by atoms with E-state index in [1.54, 1.807) is 36.4 Å². The number of nitrogen functional groups attached to an aromatic ring is 2. The van der Waals surface area contributed by atoms with Crippen molar-refractivity contribution in [3.63, 3.8) is 0 Å². The van der Waals surface area contributed by atoms with Crippen LogP contribution >= 0.6 is 0 Å². The minimum atomic E-state index is -0.549. The standard InChI is InChI=1S/C28H34N4O3.C23H32N6O/c1-28(2,3)35-27(33)32(16-5-19-34-26-12-10-24(30-4)11-13-26)25-14-17-31(18-15-25)21-23-8-6-22(20-29)7-9-23;24-22(25)18-4-2-17(3-5-18)16-29-13-10-20(11-14-29)28-12-1-15-30-21-8-6-19(7-9-21)23(26)27/h6-13,25H,5,14-19,21H2,1-3H3;2-9,20,28H,1,10-16H2,(H3,24,25)(H3,26,27). The molecular weight excluding hydrogens is 817 g/mol. The minimum absolute atomic E-state index is 0.0719. The van der Waals surface area contributed by atoms with Crippen LogP contribution < -0.4 is 26.3 Å². The van der Waals surface area contributed by atoms with Gasteiger partial charge >= 0.3 is 6.09 Å². The van der Waals surface area contributed by atoms with Crippen molar-refractivity contribution in [2.24, 2.45) is 11.5 Å². The molecule has 0 bridgehead atoms. The van der Waals surface area contributed by atoms with Gasteiger partial charge in [-0.25, -0.2) is 9.64 Å². The summed E-state index contributed by atoms with van der Waals surface area (Å²) in [6.45, 7) is 21.1. The molecule has 0 aliphatic carbocycles. The van der Waals surface area contributed by atoms with E-state index in [1.807, 2.05) is 74.2 Å². The monoisotopic (exact) mass is 883 g/mol. The van der Waals surface area contributed by atoms with E-state index < -0.39 is 5.60 Å². The lowest BCUT2D eigenvalue weighted by Gasteiger charge is -2.39. The Kier molecular flexibility index (Phi) is 19.2. The van der Waals surface area contributed by atoms with Gasteiger partial charge in [-0.15, -0.1) is 0 Å². The van der Waals surface area contributed by atoms with Crippen LogP contribution in [0.25, 0.3) is 4.85 Å². The predicted molar refractivity (Wildman–Crippen MR) is 257 cm³/mol. The van der Waals surface area contributed by atoms with E-state index in [4.69, 9.17) is 48.3 Å². The zero-order valence-electron chi connectivity index (χ0n) is 38.2. The number of benzene rings is 4. The Morgan fingerprint density at radius 3 is 1.74 bits per heavy atom. The molecule has 344 valence electrons. The van der Waals surface area contributed by atoms with Crippen LogP contribution in [0.3, 0.4) is 0 Å². The van der Waals surface area contributed by atoms with Crippen LogP contribution in [0.5, 0.6) is 11.5 Å². The number of nitrogens with two attached hydrogens (primary N) is 2. The smallest absolute Gasteiger partial charge is 0.410 e. The van der Waals surface area contributed by atoms with E-state index in [2.05, 4.69) is 38.2 Å². The van der Waals surface area contributed by atoms with Crippen molar-refractivity contribution in [3.8, 4) is 17.6 Å². The third-order valence-corrected chi connectivity index (χ3v) is 11.3. The van der Waals surface area contributed by atoms with Gasteiger partial charge in [0.1, 0.15) is 28.8 Å². The number of carbonyl (C=O) groups is 1. The van der Waals surface area contributed by atoms with Crippen molar-refractivity contribution < 1.29 is 19.0 Å². The van der Waals surface area contributed by atoms with Crippen LogP contribution in [-0.2, 0) is 17.8 Å². The molecule has 0 atom stereocenters. The third kappa shape index (κ3) is 17.2. The number of piperidine rings is 2. The maximum Gasteiger partial charge on any atom is 0.410 e. The predicted octanol–water partition coefficient (Wildman–Crippen LogP) is 8.06. The van der Waals surface area contributed by atoms with E-state index in [0.29, 0.717) is 49.0 Å². The summed E-state index contributed by atoms with van der Waals surface area (Å²) >= 11 is 0. The number of hydrogen-bond acceptors (Lipinski definition) is 10. The van der Waals surface area contributed by atoms with Crippen LogP contribution in [0, 0.1) is 28.7 Å². The fourth-order valence-corrected chi connectivity index (χ4v) is 7.76. The average molecular weight is 883 g/mol. The molecule has 0 spiro atoms. The molecule has 2 heterocycles. The Morgan fingerprint density at radius 1 is 0.769 bits per heavy atom. The largest absolute Gasteiger partial charge is 0.494 e. The Labute approximate surface area is 385 Å². The second-order valence-corrected chi connectivity index (χ2v) is 17.6. The molecule has 6 rings (SSSR count). The number of carbonyl (C=O) groups excluding carboxylic acids is 1.